The molecule has 3 fully saturated rings. The second-order valence-electron chi connectivity index (χ2n) is 13.4. The normalized spacial score (nSPS) is 32.8. The van der Waals surface area contributed by atoms with Crippen LogP contribution in [0.3, 0.4) is 0 Å². The molecular formula is C32H46O8Si. The molecule has 2 aromatic rings. The quantitative estimate of drug-likeness (QED) is 0.371. The number of rotatable bonds is 8. The number of hydrogen-bond donors (Lipinski definition) is 1. The van der Waals surface area contributed by atoms with Gasteiger partial charge < -0.3 is 38.0 Å². The Morgan fingerprint density at radius 2 is 1.49 bits per heavy atom. The maximum atomic E-state index is 12.0. The molecule has 1 N–H and O–H groups in total. The van der Waals surface area contributed by atoms with Crippen molar-refractivity contribution in [3.8, 4) is 0 Å². The van der Waals surface area contributed by atoms with Crippen molar-refractivity contribution in [1.82, 2.24) is 0 Å². The maximum absolute atomic E-state index is 12.0. The Morgan fingerprint density at radius 3 is 1.98 bits per heavy atom. The zero-order valence-electron chi connectivity index (χ0n) is 25.6. The first-order valence-electron chi connectivity index (χ1n) is 14.5. The first kappa shape index (κ1) is 30.8. The van der Waals surface area contributed by atoms with E-state index in [0.717, 1.165) is 10.4 Å². The van der Waals surface area contributed by atoms with Crippen LogP contribution in [0.2, 0.25) is 5.04 Å². The average molecular weight is 587 g/mol. The number of fused-ring (bicyclic) bond motifs is 2. The second kappa shape index (κ2) is 11.1. The molecule has 9 heteroatoms. The molecule has 6 atom stereocenters. The van der Waals surface area contributed by atoms with Crippen LogP contribution in [0.1, 0.15) is 48.5 Å². The molecule has 41 heavy (non-hydrogen) atoms. The summed E-state index contributed by atoms with van der Waals surface area (Å²) in [5.41, 5.74) is -1.04. The predicted octanol–water partition coefficient (Wildman–Crippen LogP) is 3.58. The minimum absolute atomic E-state index is 0.0142. The molecular weight excluding hydrogens is 540 g/mol. The lowest BCUT2D eigenvalue weighted by Gasteiger charge is -2.52. The summed E-state index contributed by atoms with van der Waals surface area (Å²) in [5.74, 6) is -2.32. The predicted molar refractivity (Wildman–Crippen MR) is 157 cm³/mol. The highest BCUT2D eigenvalue weighted by Gasteiger charge is 2.70. The molecule has 2 aromatic carbocycles. The fourth-order valence-electron chi connectivity index (χ4n) is 7.02. The molecule has 1 aliphatic carbocycles. The largest absolute Gasteiger partial charge is 0.407 e. The number of aliphatic hydroxyl groups excluding tert-OH is 1. The molecule has 2 saturated heterocycles. The van der Waals surface area contributed by atoms with E-state index < -0.39 is 55.8 Å². The third kappa shape index (κ3) is 5.45. The van der Waals surface area contributed by atoms with Gasteiger partial charge in [0.15, 0.2) is 17.2 Å². The van der Waals surface area contributed by atoms with Gasteiger partial charge in [0.05, 0.1) is 12.7 Å². The van der Waals surface area contributed by atoms with Gasteiger partial charge in [-0.05, 0) is 43.1 Å². The van der Waals surface area contributed by atoms with E-state index in [4.69, 9.17) is 32.8 Å². The fraction of sp³-hybridized carbons (Fsp3) is 0.625. The molecule has 0 radical (unpaired) electrons. The minimum Gasteiger partial charge on any atom is -0.407 e. The molecule has 0 unspecified atom stereocenters. The zero-order valence-corrected chi connectivity index (χ0v) is 26.6. The Bertz CT molecular complexity index is 1130. The highest BCUT2D eigenvalue weighted by Crippen LogP contribution is 2.52. The smallest absolute Gasteiger partial charge is 0.261 e. The van der Waals surface area contributed by atoms with Crippen LogP contribution in [0.25, 0.3) is 0 Å². The zero-order chi connectivity index (χ0) is 29.7. The summed E-state index contributed by atoms with van der Waals surface area (Å²) in [7, 11) is -1.33. The molecule has 1 spiro atoms. The van der Waals surface area contributed by atoms with Gasteiger partial charge in [0.25, 0.3) is 8.32 Å². The molecule has 2 heterocycles. The molecule has 5 rings (SSSR count). The van der Waals surface area contributed by atoms with Crippen molar-refractivity contribution >= 4 is 18.7 Å². The van der Waals surface area contributed by atoms with Crippen LogP contribution in [0.4, 0.5) is 0 Å². The van der Waals surface area contributed by atoms with Gasteiger partial charge in [-0.2, -0.15) is 0 Å². The molecule has 1 saturated carbocycles. The van der Waals surface area contributed by atoms with E-state index in [1.165, 1.54) is 0 Å². The number of methoxy groups -OCH3 is 1. The molecule has 3 aliphatic rings. The first-order valence-corrected chi connectivity index (χ1v) is 16.4. The molecule has 0 bridgehead atoms. The molecule has 0 aromatic heterocycles. The second-order valence-corrected chi connectivity index (χ2v) is 17.7. The Balaban J connectivity index is 1.60. The Labute approximate surface area is 245 Å². The van der Waals surface area contributed by atoms with E-state index in [0.29, 0.717) is 0 Å². The van der Waals surface area contributed by atoms with Crippen LogP contribution >= 0.6 is 0 Å². The van der Waals surface area contributed by atoms with E-state index in [2.05, 4.69) is 69.3 Å². The van der Waals surface area contributed by atoms with Crippen LogP contribution in [0, 0.1) is 5.92 Å². The molecule has 2 aliphatic heterocycles. The topological polar surface area (TPSA) is 84.8 Å². The van der Waals surface area contributed by atoms with Crippen LogP contribution in [0.5, 0.6) is 0 Å². The highest BCUT2D eigenvalue weighted by atomic mass is 28.4. The van der Waals surface area contributed by atoms with Gasteiger partial charge in [0.2, 0.25) is 0 Å². The van der Waals surface area contributed by atoms with Gasteiger partial charge in [-0.25, -0.2) is 0 Å². The van der Waals surface area contributed by atoms with Gasteiger partial charge >= 0.3 is 0 Å². The first-order chi connectivity index (χ1) is 19.3. The van der Waals surface area contributed by atoms with Gasteiger partial charge in [-0.15, -0.1) is 0 Å². The fourth-order valence-corrected chi connectivity index (χ4v) is 11.6. The summed E-state index contributed by atoms with van der Waals surface area (Å²) < 4.78 is 44.6. The standard InChI is InChI=1S/C32H46O8Si/c1-29(2,3)41(22-15-11-9-12-16-22,23-17-13-10-14-18-23)37-19-24-25(33)26-28(39-31(6,7)38-26)32(27(24)35-21-34-8)20-36-30(4,5)40-32/h9-18,24-28,33H,19-21H2,1-8H3/t24-,25+,26+,27-,28+,32+/m1/s1. The van der Waals surface area contributed by atoms with Crippen molar-refractivity contribution in [3.05, 3.63) is 60.7 Å². The number of ether oxygens (including phenoxy) is 6. The summed E-state index contributed by atoms with van der Waals surface area (Å²) in [6, 6.07) is 20.9. The van der Waals surface area contributed by atoms with Crippen molar-refractivity contribution in [3.63, 3.8) is 0 Å². The van der Waals surface area contributed by atoms with Crippen LogP contribution in [0.15, 0.2) is 60.7 Å². The van der Waals surface area contributed by atoms with E-state index in [-0.39, 0.29) is 25.0 Å². The van der Waals surface area contributed by atoms with Crippen LogP contribution in [-0.2, 0) is 32.8 Å². The summed E-state index contributed by atoms with van der Waals surface area (Å²) >= 11 is 0. The summed E-state index contributed by atoms with van der Waals surface area (Å²) in [4.78, 5) is 0. The SMILES string of the molecule is COCO[C@@H]1[C@H](CO[Si](c2ccccc2)(c2ccccc2)C(C)(C)C)[C@H](O)[C@@H]2OC(C)(C)O[C@@H]2[C@]12COC(C)(C)O2. The lowest BCUT2D eigenvalue weighted by Crippen LogP contribution is -2.72. The highest BCUT2D eigenvalue weighted by molar-refractivity contribution is 6.99. The Morgan fingerprint density at radius 1 is 0.902 bits per heavy atom. The summed E-state index contributed by atoms with van der Waals surface area (Å²) in [6.07, 6.45) is -2.87. The number of benzene rings is 2. The molecule has 8 nitrogen and oxygen atoms in total. The minimum atomic E-state index is -2.91. The molecule has 0 amide bonds. The van der Waals surface area contributed by atoms with Crippen molar-refractivity contribution in [2.45, 2.75) is 95.1 Å². The van der Waals surface area contributed by atoms with Gasteiger partial charge in [-0.3, -0.25) is 0 Å². The van der Waals surface area contributed by atoms with Crippen LogP contribution < -0.4 is 10.4 Å². The molecule has 226 valence electrons. The van der Waals surface area contributed by atoms with Crippen molar-refractivity contribution < 1.29 is 38.0 Å². The van der Waals surface area contributed by atoms with E-state index in [1.54, 1.807) is 7.11 Å². The lowest BCUT2D eigenvalue weighted by atomic mass is 9.70. The summed E-state index contributed by atoms with van der Waals surface area (Å²) in [5, 5.41) is 14.1. The van der Waals surface area contributed by atoms with Crippen molar-refractivity contribution in [2.75, 3.05) is 27.1 Å². The van der Waals surface area contributed by atoms with Crippen LogP contribution in [-0.4, -0.2) is 82.1 Å². The van der Waals surface area contributed by atoms with E-state index >= 15 is 0 Å². The van der Waals surface area contributed by atoms with Crippen molar-refractivity contribution in [1.29, 1.82) is 0 Å². The van der Waals surface area contributed by atoms with E-state index in [9.17, 15) is 5.11 Å². The third-order valence-electron chi connectivity index (χ3n) is 8.61. The lowest BCUT2D eigenvalue weighted by molar-refractivity contribution is -0.281. The number of aliphatic hydroxyl groups is 1. The van der Waals surface area contributed by atoms with Gasteiger partial charge in [0.1, 0.15) is 25.1 Å². The third-order valence-corrected chi connectivity index (χ3v) is 13.6. The Kier molecular flexibility index (Phi) is 8.35. The monoisotopic (exact) mass is 586 g/mol. The Hall–Kier alpha value is -1.66. The van der Waals surface area contributed by atoms with Crippen molar-refractivity contribution in [2.24, 2.45) is 5.92 Å². The summed E-state index contributed by atoms with van der Waals surface area (Å²) in [6.45, 7) is 14.6. The van der Waals surface area contributed by atoms with Gasteiger partial charge in [0, 0.05) is 19.6 Å². The maximum Gasteiger partial charge on any atom is 0.261 e. The number of hydrogen-bond acceptors (Lipinski definition) is 8. The van der Waals surface area contributed by atoms with Gasteiger partial charge in [-0.1, -0.05) is 81.4 Å². The average Bonchev–Trinajstić information content (AvgIpc) is 3.43. The van der Waals surface area contributed by atoms with E-state index in [1.807, 2.05) is 39.8 Å².